The minimum absolute atomic E-state index is 0.247. The molecule has 33 heavy (non-hydrogen) atoms. The third kappa shape index (κ3) is 4.90. The summed E-state index contributed by atoms with van der Waals surface area (Å²) >= 11 is 0. The van der Waals surface area contributed by atoms with Crippen molar-refractivity contribution in [2.24, 2.45) is 0 Å². The van der Waals surface area contributed by atoms with E-state index in [9.17, 15) is 14.4 Å². The van der Waals surface area contributed by atoms with Gasteiger partial charge in [0.2, 0.25) is 0 Å². The van der Waals surface area contributed by atoms with Gasteiger partial charge in [-0.3, -0.25) is 9.59 Å². The highest BCUT2D eigenvalue weighted by molar-refractivity contribution is 6.05. The molecule has 0 aliphatic rings. The van der Waals surface area contributed by atoms with Gasteiger partial charge in [-0.15, -0.1) is 0 Å². The molecule has 3 N–H and O–H groups in total. The van der Waals surface area contributed by atoms with Crippen molar-refractivity contribution in [2.75, 3.05) is 12.4 Å². The largest absolute Gasteiger partial charge is 0.464 e. The highest BCUT2D eigenvalue weighted by Crippen LogP contribution is 2.18. The molecule has 0 saturated carbocycles. The van der Waals surface area contributed by atoms with E-state index in [1.165, 1.54) is 7.11 Å². The number of carbonyl (C=O) groups excluding carboxylic acids is 3. The number of benzene rings is 2. The number of aromatic nitrogens is 2. The first-order valence-electron chi connectivity index (χ1n) is 10.3. The number of aromatic amines is 1. The molecule has 0 bridgehead atoms. The number of esters is 1. The fraction of sp³-hybridized carbons (Fsp3) is 0.120. The molecule has 2 amide bonds. The van der Waals surface area contributed by atoms with Gasteiger partial charge in [-0.05, 0) is 54.4 Å². The second-order valence-electron chi connectivity index (χ2n) is 7.49. The lowest BCUT2D eigenvalue weighted by Gasteiger charge is -2.11. The van der Waals surface area contributed by atoms with Crippen molar-refractivity contribution >= 4 is 34.5 Å². The molecule has 166 valence electrons. The van der Waals surface area contributed by atoms with E-state index in [0.717, 1.165) is 16.5 Å². The fourth-order valence-electron chi connectivity index (χ4n) is 3.39. The van der Waals surface area contributed by atoms with Crippen LogP contribution >= 0.6 is 0 Å². The molecule has 8 heteroatoms. The number of hydrogen-bond acceptors (Lipinski definition) is 5. The van der Waals surface area contributed by atoms with E-state index in [2.05, 4.69) is 20.6 Å². The SMILES string of the molecule is COC(=O)c1cc2cc(CNC(=O)c3cc(NC(=O)c4ccccc4)ccc3C)cnc2[nH]1. The summed E-state index contributed by atoms with van der Waals surface area (Å²) < 4.78 is 4.71. The van der Waals surface area contributed by atoms with Gasteiger partial charge in [0.05, 0.1) is 7.11 Å². The monoisotopic (exact) mass is 442 g/mol. The van der Waals surface area contributed by atoms with Crippen molar-refractivity contribution in [1.82, 2.24) is 15.3 Å². The quantitative estimate of drug-likeness (QED) is 0.393. The van der Waals surface area contributed by atoms with Crippen LogP contribution in [0.4, 0.5) is 5.69 Å². The smallest absolute Gasteiger partial charge is 0.354 e. The van der Waals surface area contributed by atoms with E-state index < -0.39 is 5.97 Å². The van der Waals surface area contributed by atoms with Gasteiger partial charge in [0.25, 0.3) is 11.8 Å². The van der Waals surface area contributed by atoms with E-state index in [0.29, 0.717) is 28.2 Å². The molecular weight excluding hydrogens is 420 g/mol. The predicted molar refractivity (Wildman–Crippen MR) is 124 cm³/mol. The number of nitrogens with one attached hydrogen (secondary N) is 3. The van der Waals surface area contributed by atoms with Crippen LogP contribution in [-0.4, -0.2) is 34.9 Å². The number of ether oxygens (including phenoxy) is 1. The Kier molecular flexibility index (Phi) is 6.17. The molecule has 2 aromatic heterocycles. The molecule has 0 spiro atoms. The van der Waals surface area contributed by atoms with Crippen molar-refractivity contribution in [3.05, 3.63) is 94.8 Å². The molecule has 0 unspecified atom stereocenters. The van der Waals surface area contributed by atoms with Crippen LogP contribution in [0.25, 0.3) is 11.0 Å². The van der Waals surface area contributed by atoms with Crippen LogP contribution in [0.1, 0.15) is 42.3 Å². The predicted octanol–water partition coefficient (Wildman–Crippen LogP) is 3.84. The highest BCUT2D eigenvalue weighted by Gasteiger charge is 2.13. The van der Waals surface area contributed by atoms with Crippen LogP contribution in [-0.2, 0) is 11.3 Å². The Balaban J connectivity index is 1.45. The third-order valence-electron chi connectivity index (χ3n) is 5.16. The van der Waals surface area contributed by atoms with Crippen LogP contribution in [0, 0.1) is 6.92 Å². The molecule has 4 rings (SSSR count). The van der Waals surface area contributed by atoms with Gasteiger partial charge < -0.3 is 20.4 Å². The molecule has 0 atom stereocenters. The van der Waals surface area contributed by atoms with E-state index in [-0.39, 0.29) is 18.4 Å². The number of rotatable bonds is 6. The third-order valence-corrected chi connectivity index (χ3v) is 5.16. The average Bonchev–Trinajstić information content (AvgIpc) is 3.27. The first-order chi connectivity index (χ1) is 15.9. The zero-order valence-electron chi connectivity index (χ0n) is 18.1. The number of amides is 2. The Morgan fingerprint density at radius 3 is 2.55 bits per heavy atom. The van der Waals surface area contributed by atoms with Crippen LogP contribution < -0.4 is 10.6 Å². The summed E-state index contributed by atoms with van der Waals surface area (Å²) in [5, 5.41) is 6.44. The van der Waals surface area contributed by atoms with Gasteiger partial charge in [0.1, 0.15) is 11.3 Å². The second-order valence-corrected chi connectivity index (χ2v) is 7.49. The fourth-order valence-corrected chi connectivity index (χ4v) is 3.39. The molecule has 0 saturated heterocycles. The molecular formula is C25H22N4O4. The Hall–Kier alpha value is -4.46. The topological polar surface area (TPSA) is 113 Å². The summed E-state index contributed by atoms with van der Waals surface area (Å²) in [6.45, 7) is 2.08. The Morgan fingerprint density at radius 2 is 1.79 bits per heavy atom. The summed E-state index contributed by atoms with van der Waals surface area (Å²) in [7, 11) is 1.31. The second kappa shape index (κ2) is 9.35. The average molecular weight is 442 g/mol. The minimum Gasteiger partial charge on any atom is -0.464 e. The maximum atomic E-state index is 12.8. The Morgan fingerprint density at radius 1 is 1.00 bits per heavy atom. The number of nitrogens with zero attached hydrogens (tertiary/aromatic N) is 1. The number of anilines is 1. The number of fused-ring (bicyclic) bond motifs is 1. The molecule has 0 aliphatic carbocycles. The van der Waals surface area contributed by atoms with Gasteiger partial charge in [-0.1, -0.05) is 24.3 Å². The van der Waals surface area contributed by atoms with Crippen molar-refractivity contribution < 1.29 is 19.1 Å². The summed E-state index contributed by atoms with van der Waals surface area (Å²) in [6, 6.07) is 17.6. The zero-order chi connectivity index (χ0) is 23.4. The Bertz CT molecular complexity index is 1350. The normalized spacial score (nSPS) is 10.6. The van der Waals surface area contributed by atoms with E-state index in [4.69, 9.17) is 4.74 Å². The van der Waals surface area contributed by atoms with Crippen molar-refractivity contribution in [3.63, 3.8) is 0 Å². The van der Waals surface area contributed by atoms with Gasteiger partial charge in [-0.2, -0.15) is 0 Å². The minimum atomic E-state index is -0.474. The lowest BCUT2D eigenvalue weighted by molar-refractivity contribution is 0.0594. The first kappa shape index (κ1) is 21.8. The molecule has 2 aromatic carbocycles. The zero-order valence-corrected chi connectivity index (χ0v) is 18.1. The first-order valence-corrected chi connectivity index (χ1v) is 10.3. The molecule has 8 nitrogen and oxygen atoms in total. The number of H-pyrrole nitrogens is 1. The molecule has 0 aliphatic heterocycles. The Labute approximate surface area is 190 Å². The number of carbonyl (C=O) groups is 3. The molecule has 2 heterocycles. The number of aryl methyl sites for hydroxylation is 1. The maximum absolute atomic E-state index is 12.8. The van der Waals surface area contributed by atoms with Gasteiger partial charge >= 0.3 is 5.97 Å². The lowest BCUT2D eigenvalue weighted by atomic mass is 10.1. The summed E-state index contributed by atoms with van der Waals surface area (Å²) in [6.07, 6.45) is 1.63. The van der Waals surface area contributed by atoms with Crippen LogP contribution in [0.3, 0.4) is 0 Å². The van der Waals surface area contributed by atoms with Gasteiger partial charge in [-0.25, -0.2) is 9.78 Å². The summed E-state index contributed by atoms with van der Waals surface area (Å²) in [5.74, 6) is -0.992. The highest BCUT2D eigenvalue weighted by atomic mass is 16.5. The van der Waals surface area contributed by atoms with Gasteiger partial charge in [0, 0.05) is 34.9 Å². The van der Waals surface area contributed by atoms with Gasteiger partial charge in [0.15, 0.2) is 0 Å². The molecule has 0 radical (unpaired) electrons. The van der Waals surface area contributed by atoms with Crippen LogP contribution in [0.2, 0.25) is 0 Å². The maximum Gasteiger partial charge on any atom is 0.354 e. The number of pyridine rings is 1. The van der Waals surface area contributed by atoms with E-state index in [1.807, 2.05) is 19.1 Å². The summed E-state index contributed by atoms with van der Waals surface area (Å²) in [5.41, 5.74) is 3.96. The molecule has 4 aromatic rings. The summed E-state index contributed by atoms with van der Waals surface area (Å²) in [4.78, 5) is 44.1. The van der Waals surface area contributed by atoms with Crippen molar-refractivity contribution in [3.8, 4) is 0 Å². The standard InChI is InChI=1S/C25H22N4O4/c1-15-8-9-19(28-23(30)17-6-4-3-5-7-17)12-20(15)24(31)27-14-16-10-18-11-21(25(32)33-2)29-22(18)26-13-16/h3-13H,14H2,1-2H3,(H,26,29)(H,27,31)(H,28,30). The van der Waals surface area contributed by atoms with E-state index >= 15 is 0 Å². The lowest BCUT2D eigenvalue weighted by Crippen LogP contribution is -2.24. The molecule has 0 fully saturated rings. The number of methoxy groups -OCH3 is 1. The van der Waals surface area contributed by atoms with Crippen LogP contribution in [0.5, 0.6) is 0 Å². The van der Waals surface area contributed by atoms with Crippen molar-refractivity contribution in [2.45, 2.75) is 13.5 Å². The van der Waals surface area contributed by atoms with Crippen LogP contribution in [0.15, 0.2) is 66.9 Å². The number of hydrogen-bond donors (Lipinski definition) is 3. The van der Waals surface area contributed by atoms with E-state index in [1.54, 1.807) is 54.7 Å². The van der Waals surface area contributed by atoms with Crippen molar-refractivity contribution in [1.29, 1.82) is 0 Å².